The maximum atomic E-state index is 10.7. The van der Waals surface area contributed by atoms with E-state index in [9.17, 15) is 10.1 Å². The molecule has 1 aliphatic rings. The summed E-state index contributed by atoms with van der Waals surface area (Å²) in [7, 11) is 0. The van der Waals surface area contributed by atoms with Gasteiger partial charge >= 0.3 is 0 Å². The maximum absolute atomic E-state index is 10.7. The summed E-state index contributed by atoms with van der Waals surface area (Å²) in [5.74, 6) is 0.653. The van der Waals surface area contributed by atoms with Crippen molar-refractivity contribution in [3.63, 3.8) is 0 Å². The zero-order chi connectivity index (χ0) is 13.9. The molecule has 1 aromatic carbocycles. The predicted molar refractivity (Wildman–Crippen MR) is 80.7 cm³/mol. The topological polar surface area (TPSA) is 56.0 Å². The molecule has 0 aliphatic heterocycles. The van der Waals surface area contributed by atoms with E-state index < -0.39 is 0 Å². The van der Waals surface area contributed by atoms with Crippen molar-refractivity contribution in [1.29, 1.82) is 0 Å². The Kier molecular flexibility index (Phi) is 3.60. The maximum Gasteiger partial charge on any atom is 0.270 e. The summed E-state index contributed by atoms with van der Waals surface area (Å²) in [5, 5.41) is 14.0. The van der Waals surface area contributed by atoms with Gasteiger partial charge in [0.25, 0.3) is 5.69 Å². The third-order valence-corrected chi connectivity index (χ3v) is 4.55. The molecule has 1 aliphatic carbocycles. The van der Waals surface area contributed by atoms with Gasteiger partial charge in [-0.05, 0) is 24.5 Å². The molecular formula is C15H14N2O2S. The van der Waals surface area contributed by atoms with Crippen molar-refractivity contribution in [2.75, 3.05) is 0 Å². The number of thiazole rings is 1. The molecule has 3 rings (SSSR count). The lowest BCUT2D eigenvalue weighted by molar-refractivity contribution is -0.384. The van der Waals surface area contributed by atoms with Crippen molar-refractivity contribution in [1.82, 2.24) is 4.98 Å². The van der Waals surface area contributed by atoms with Crippen LogP contribution in [0.4, 0.5) is 5.69 Å². The molecule has 5 heteroatoms. The Labute approximate surface area is 120 Å². The molecule has 2 aromatic rings. The van der Waals surface area contributed by atoms with Gasteiger partial charge in [-0.2, -0.15) is 0 Å². The lowest BCUT2D eigenvalue weighted by Gasteiger charge is -2.22. The van der Waals surface area contributed by atoms with Crippen LogP contribution in [0.2, 0.25) is 0 Å². The van der Waals surface area contributed by atoms with Gasteiger partial charge in [-0.3, -0.25) is 10.1 Å². The van der Waals surface area contributed by atoms with E-state index in [1.165, 1.54) is 30.3 Å². The second-order valence-corrected chi connectivity index (χ2v) is 5.81. The molecule has 1 heterocycles. The third-order valence-electron chi connectivity index (χ3n) is 3.52. The molecule has 0 N–H and O–H groups in total. The highest BCUT2D eigenvalue weighted by Gasteiger charge is 2.22. The Morgan fingerprint density at radius 3 is 2.90 bits per heavy atom. The summed E-state index contributed by atoms with van der Waals surface area (Å²) in [4.78, 5) is 14.9. The number of aromatic nitrogens is 1. The number of rotatable bonds is 4. The molecular weight excluding hydrogens is 272 g/mol. The molecule has 0 saturated heterocycles. The first kappa shape index (κ1) is 13.0. The molecule has 0 unspecified atom stereocenters. The van der Waals surface area contributed by atoms with Crippen molar-refractivity contribution in [2.45, 2.75) is 25.2 Å². The van der Waals surface area contributed by atoms with Crippen LogP contribution >= 0.6 is 11.3 Å². The molecule has 0 atom stereocenters. The fourth-order valence-corrected chi connectivity index (χ4v) is 3.10. The van der Waals surface area contributed by atoms with Crippen molar-refractivity contribution < 1.29 is 4.92 Å². The molecule has 0 bridgehead atoms. The zero-order valence-electron chi connectivity index (χ0n) is 10.9. The van der Waals surface area contributed by atoms with Gasteiger partial charge in [-0.25, -0.2) is 4.98 Å². The fourth-order valence-electron chi connectivity index (χ4n) is 2.14. The van der Waals surface area contributed by atoms with Crippen LogP contribution in [0.15, 0.2) is 29.6 Å². The number of hydrogen-bond donors (Lipinski definition) is 0. The Bertz CT molecular complexity index is 659. The van der Waals surface area contributed by atoms with Gasteiger partial charge in [-0.15, -0.1) is 11.3 Å². The summed E-state index contributed by atoms with van der Waals surface area (Å²) in [5.41, 5.74) is 1.86. The van der Waals surface area contributed by atoms with E-state index in [4.69, 9.17) is 0 Å². The highest BCUT2D eigenvalue weighted by Crippen LogP contribution is 2.37. The SMILES string of the molecule is O=[N+]([O-])c1cccc(/C=C/c2csc(C3CCC3)n2)c1. The van der Waals surface area contributed by atoms with Crippen LogP contribution in [-0.4, -0.2) is 9.91 Å². The second kappa shape index (κ2) is 5.54. The largest absolute Gasteiger partial charge is 0.270 e. The number of nitro benzene ring substituents is 1. The van der Waals surface area contributed by atoms with Crippen molar-refractivity contribution >= 4 is 29.2 Å². The van der Waals surface area contributed by atoms with Gasteiger partial charge in [0.2, 0.25) is 0 Å². The number of nitrogens with zero attached hydrogens (tertiary/aromatic N) is 2. The zero-order valence-corrected chi connectivity index (χ0v) is 11.7. The van der Waals surface area contributed by atoms with Crippen LogP contribution in [0.3, 0.4) is 0 Å². The number of hydrogen-bond acceptors (Lipinski definition) is 4. The summed E-state index contributed by atoms with van der Waals surface area (Å²) >= 11 is 1.71. The van der Waals surface area contributed by atoms with Crippen molar-refractivity contribution in [3.05, 3.63) is 56.0 Å². The minimum Gasteiger partial charge on any atom is -0.258 e. The number of nitro groups is 1. The van der Waals surface area contributed by atoms with Crippen LogP contribution < -0.4 is 0 Å². The molecule has 20 heavy (non-hydrogen) atoms. The van der Waals surface area contributed by atoms with E-state index in [0.29, 0.717) is 5.92 Å². The fraction of sp³-hybridized carbons (Fsp3) is 0.267. The third kappa shape index (κ3) is 2.77. The van der Waals surface area contributed by atoms with E-state index >= 15 is 0 Å². The predicted octanol–water partition coefficient (Wildman–Crippen LogP) is 4.49. The van der Waals surface area contributed by atoms with Gasteiger partial charge in [0, 0.05) is 23.4 Å². The smallest absolute Gasteiger partial charge is 0.258 e. The Morgan fingerprint density at radius 2 is 2.20 bits per heavy atom. The monoisotopic (exact) mass is 286 g/mol. The van der Waals surface area contributed by atoms with Gasteiger partial charge in [0.05, 0.1) is 15.6 Å². The molecule has 1 aromatic heterocycles. The van der Waals surface area contributed by atoms with Gasteiger partial charge in [0.15, 0.2) is 0 Å². The first-order valence-electron chi connectivity index (χ1n) is 6.60. The lowest BCUT2D eigenvalue weighted by Crippen LogP contribution is -2.07. The Balaban J connectivity index is 1.74. The Hall–Kier alpha value is -2.01. The second-order valence-electron chi connectivity index (χ2n) is 4.92. The van der Waals surface area contributed by atoms with Crippen LogP contribution in [-0.2, 0) is 0 Å². The molecule has 1 saturated carbocycles. The molecule has 102 valence electrons. The molecule has 1 fully saturated rings. The minimum absolute atomic E-state index is 0.112. The quantitative estimate of drug-likeness (QED) is 0.614. The van der Waals surface area contributed by atoms with Crippen molar-refractivity contribution in [3.8, 4) is 0 Å². The van der Waals surface area contributed by atoms with Crippen LogP contribution in [0, 0.1) is 10.1 Å². The van der Waals surface area contributed by atoms with E-state index in [0.717, 1.165) is 11.3 Å². The highest BCUT2D eigenvalue weighted by atomic mass is 32.1. The molecule has 0 radical (unpaired) electrons. The molecule has 4 nitrogen and oxygen atoms in total. The van der Waals surface area contributed by atoms with Crippen LogP contribution in [0.1, 0.15) is 41.4 Å². The first-order valence-corrected chi connectivity index (χ1v) is 7.48. The van der Waals surface area contributed by atoms with E-state index in [-0.39, 0.29) is 10.6 Å². The summed E-state index contributed by atoms with van der Waals surface area (Å²) in [6.07, 6.45) is 7.59. The van der Waals surface area contributed by atoms with Crippen molar-refractivity contribution in [2.24, 2.45) is 0 Å². The molecule has 0 spiro atoms. The Morgan fingerprint density at radius 1 is 1.35 bits per heavy atom. The van der Waals surface area contributed by atoms with Gasteiger partial charge < -0.3 is 0 Å². The summed E-state index contributed by atoms with van der Waals surface area (Å²) < 4.78 is 0. The lowest BCUT2D eigenvalue weighted by atomic mass is 9.86. The van der Waals surface area contributed by atoms with Crippen LogP contribution in [0.5, 0.6) is 0 Å². The van der Waals surface area contributed by atoms with Gasteiger partial charge in [-0.1, -0.05) is 24.6 Å². The summed E-state index contributed by atoms with van der Waals surface area (Å²) in [6.45, 7) is 0. The average Bonchev–Trinajstić information content (AvgIpc) is 2.83. The average molecular weight is 286 g/mol. The van der Waals surface area contributed by atoms with Gasteiger partial charge in [0.1, 0.15) is 0 Å². The van der Waals surface area contributed by atoms with E-state index in [1.807, 2.05) is 23.6 Å². The highest BCUT2D eigenvalue weighted by molar-refractivity contribution is 7.09. The standard InChI is InChI=1S/C15H14N2O2S/c18-17(19)14-6-1-3-11(9-14)7-8-13-10-20-15(16-13)12-4-2-5-12/h1,3,6-10,12H,2,4-5H2/b8-7+. The minimum atomic E-state index is -0.380. The van der Waals surface area contributed by atoms with E-state index in [2.05, 4.69) is 4.98 Å². The number of non-ortho nitro benzene ring substituents is 1. The van der Waals surface area contributed by atoms with E-state index in [1.54, 1.807) is 23.5 Å². The first-order chi connectivity index (χ1) is 9.72. The normalized spacial score (nSPS) is 15.4. The molecule has 0 amide bonds. The van der Waals surface area contributed by atoms with Crippen LogP contribution in [0.25, 0.3) is 12.2 Å². The number of benzene rings is 1. The summed E-state index contributed by atoms with van der Waals surface area (Å²) in [6, 6.07) is 6.60.